The zero-order chi connectivity index (χ0) is 15.1. The fourth-order valence-corrected chi connectivity index (χ4v) is 2.65. The normalized spacial score (nSPS) is 16.0. The van der Waals surface area contributed by atoms with Crippen molar-refractivity contribution in [1.82, 2.24) is 9.80 Å². The van der Waals surface area contributed by atoms with Gasteiger partial charge in [-0.3, -0.25) is 9.69 Å². The highest BCUT2D eigenvalue weighted by atomic mass is 16.5. The third kappa shape index (κ3) is 4.19. The fraction of sp³-hybridized carbons (Fsp3) is 0.562. The first-order chi connectivity index (χ1) is 10.3. The van der Waals surface area contributed by atoms with Crippen LogP contribution in [-0.2, 0) is 0 Å². The molecule has 5 nitrogen and oxygen atoms in total. The Hall–Kier alpha value is -1.59. The average Bonchev–Trinajstić information content (AvgIpc) is 2.55. The second-order valence-corrected chi connectivity index (χ2v) is 5.33. The molecule has 0 radical (unpaired) electrons. The van der Waals surface area contributed by atoms with E-state index in [0.717, 1.165) is 52.1 Å². The third-order valence-electron chi connectivity index (χ3n) is 3.93. The van der Waals surface area contributed by atoms with Gasteiger partial charge in [-0.2, -0.15) is 0 Å². The summed E-state index contributed by atoms with van der Waals surface area (Å²) in [7, 11) is 1.60. The van der Waals surface area contributed by atoms with Crippen LogP contribution in [0.3, 0.4) is 0 Å². The number of amides is 1. The highest BCUT2D eigenvalue weighted by Crippen LogP contribution is 2.20. The van der Waals surface area contributed by atoms with Crippen LogP contribution in [0.4, 0.5) is 0 Å². The van der Waals surface area contributed by atoms with Crippen LogP contribution in [0.5, 0.6) is 5.75 Å². The van der Waals surface area contributed by atoms with Crippen LogP contribution in [-0.4, -0.2) is 62.1 Å². The lowest BCUT2D eigenvalue weighted by Crippen LogP contribution is -2.48. The van der Waals surface area contributed by atoms with Crippen LogP contribution in [0.1, 0.15) is 23.2 Å². The molecule has 1 saturated heterocycles. The van der Waals surface area contributed by atoms with Gasteiger partial charge in [0.25, 0.3) is 5.91 Å². The smallest absolute Gasteiger partial charge is 0.257 e. The largest absolute Gasteiger partial charge is 0.496 e. The third-order valence-corrected chi connectivity index (χ3v) is 3.93. The molecule has 0 aliphatic carbocycles. The molecule has 1 aliphatic rings. The number of nitrogens with zero attached hydrogens (tertiary/aromatic N) is 2. The minimum atomic E-state index is 0.0639. The summed E-state index contributed by atoms with van der Waals surface area (Å²) in [6, 6.07) is 7.41. The van der Waals surface area contributed by atoms with Crippen molar-refractivity contribution in [3.8, 4) is 5.75 Å². The molecule has 1 amide bonds. The molecule has 21 heavy (non-hydrogen) atoms. The number of hydrogen-bond acceptors (Lipinski definition) is 4. The first-order valence-corrected chi connectivity index (χ1v) is 7.61. The molecule has 1 aromatic rings. The predicted octanol–water partition coefficient (Wildman–Crippen LogP) is 1.19. The lowest BCUT2D eigenvalue weighted by atomic mass is 10.1. The quantitative estimate of drug-likeness (QED) is 0.800. The Morgan fingerprint density at radius 1 is 1.19 bits per heavy atom. The van der Waals surface area contributed by atoms with Gasteiger partial charge >= 0.3 is 0 Å². The molecular weight excluding hydrogens is 266 g/mol. The van der Waals surface area contributed by atoms with Crippen molar-refractivity contribution in [2.75, 3.05) is 46.4 Å². The van der Waals surface area contributed by atoms with Crippen LogP contribution >= 0.6 is 0 Å². The van der Waals surface area contributed by atoms with Crippen molar-refractivity contribution < 1.29 is 9.53 Å². The Bertz CT molecular complexity index is 457. The van der Waals surface area contributed by atoms with E-state index >= 15 is 0 Å². The van der Waals surface area contributed by atoms with E-state index in [-0.39, 0.29) is 5.91 Å². The zero-order valence-electron chi connectivity index (χ0n) is 12.8. The van der Waals surface area contributed by atoms with Crippen LogP contribution < -0.4 is 10.5 Å². The molecule has 1 fully saturated rings. The molecule has 0 spiro atoms. The van der Waals surface area contributed by atoms with E-state index in [0.29, 0.717) is 11.3 Å². The summed E-state index contributed by atoms with van der Waals surface area (Å²) < 4.78 is 5.27. The molecule has 2 N–H and O–H groups in total. The number of benzene rings is 1. The van der Waals surface area contributed by atoms with Crippen LogP contribution in [0.15, 0.2) is 24.3 Å². The van der Waals surface area contributed by atoms with Crippen molar-refractivity contribution in [2.24, 2.45) is 5.73 Å². The highest BCUT2D eigenvalue weighted by Gasteiger charge is 2.23. The Morgan fingerprint density at radius 2 is 1.90 bits per heavy atom. The molecule has 0 atom stereocenters. The maximum Gasteiger partial charge on any atom is 0.257 e. The molecule has 0 unspecified atom stereocenters. The number of nitrogens with two attached hydrogens (primary N) is 1. The van der Waals surface area contributed by atoms with E-state index in [1.54, 1.807) is 7.11 Å². The van der Waals surface area contributed by atoms with Gasteiger partial charge in [0.15, 0.2) is 0 Å². The molecule has 0 bridgehead atoms. The van der Waals surface area contributed by atoms with Crippen molar-refractivity contribution in [1.29, 1.82) is 0 Å². The number of para-hydroxylation sites is 1. The lowest BCUT2D eigenvalue weighted by Gasteiger charge is -2.35. The van der Waals surface area contributed by atoms with Gasteiger partial charge in [-0.15, -0.1) is 0 Å². The highest BCUT2D eigenvalue weighted by molar-refractivity contribution is 5.97. The van der Waals surface area contributed by atoms with Gasteiger partial charge in [-0.25, -0.2) is 0 Å². The van der Waals surface area contributed by atoms with Crippen molar-refractivity contribution in [3.05, 3.63) is 29.8 Å². The lowest BCUT2D eigenvalue weighted by molar-refractivity contribution is 0.0632. The van der Waals surface area contributed by atoms with Gasteiger partial charge in [0.2, 0.25) is 0 Å². The van der Waals surface area contributed by atoms with Gasteiger partial charge in [0, 0.05) is 26.2 Å². The molecule has 1 heterocycles. The number of hydrogen-bond donors (Lipinski definition) is 1. The summed E-state index contributed by atoms with van der Waals surface area (Å²) in [5.41, 5.74) is 6.16. The fourth-order valence-electron chi connectivity index (χ4n) is 2.65. The number of methoxy groups -OCH3 is 1. The van der Waals surface area contributed by atoms with Crippen LogP contribution in [0, 0.1) is 0 Å². The number of rotatable bonds is 6. The van der Waals surface area contributed by atoms with Crippen LogP contribution in [0.2, 0.25) is 0 Å². The second-order valence-electron chi connectivity index (χ2n) is 5.33. The monoisotopic (exact) mass is 291 g/mol. The predicted molar refractivity (Wildman–Crippen MR) is 83.6 cm³/mol. The maximum absolute atomic E-state index is 12.6. The molecular formula is C16H25N3O2. The topological polar surface area (TPSA) is 58.8 Å². The van der Waals surface area contributed by atoms with Crippen molar-refractivity contribution in [2.45, 2.75) is 12.8 Å². The number of piperazine rings is 1. The number of carbonyl (C=O) groups is 1. The van der Waals surface area contributed by atoms with Gasteiger partial charge in [0.1, 0.15) is 5.75 Å². The zero-order valence-corrected chi connectivity index (χ0v) is 12.8. The number of unbranched alkanes of at least 4 members (excludes halogenated alkanes) is 1. The van der Waals surface area contributed by atoms with Crippen molar-refractivity contribution >= 4 is 5.91 Å². The van der Waals surface area contributed by atoms with Gasteiger partial charge < -0.3 is 15.4 Å². The molecule has 116 valence electrons. The van der Waals surface area contributed by atoms with E-state index in [9.17, 15) is 4.79 Å². The second kappa shape index (κ2) is 8.00. The van der Waals surface area contributed by atoms with E-state index in [4.69, 9.17) is 10.5 Å². The minimum absolute atomic E-state index is 0.0639. The summed E-state index contributed by atoms with van der Waals surface area (Å²) in [5.74, 6) is 0.710. The summed E-state index contributed by atoms with van der Waals surface area (Å²) in [4.78, 5) is 16.9. The first-order valence-electron chi connectivity index (χ1n) is 7.61. The minimum Gasteiger partial charge on any atom is -0.496 e. The SMILES string of the molecule is COc1ccccc1C(=O)N1CCN(CCCCN)CC1. The van der Waals surface area contributed by atoms with Gasteiger partial charge in [0.05, 0.1) is 12.7 Å². The molecule has 2 rings (SSSR count). The van der Waals surface area contributed by atoms with E-state index in [1.807, 2.05) is 29.2 Å². The molecule has 0 aromatic heterocycles. The summed E-state index contributed by atoms with van der Waals surface area (Å²) in [6.45, 7) is 5.26. The molecule has 0 saturated carbocycles. The Balaban J connectivity index is 1.88. The summed E-state index contributed by atoms with van der Waals surface area (Å²) in [5, 5.41) is 0. The molecule has 5 heteroatoms. The Morgan fingerprint density at radius 3 is 2.57 bits per heavy atom. The van der Waals surface area contributed by atoms with Crippen LogP contribution in [0.25, 0.3) is 0 Å². The number of ether oxygens (including phenoxy) is 1. The van der Waals surface area contributed by atoms with Gasteiger partial charge in [-0.1, -0.05) is 12.1 Å². The molecule has 1 aliphatic heterocycles. The Labute approximate surface area is 126 Å². The average molecular weight is 291 g/mol. The summed E-state index contributed by atoms with van der Waals surface area (Å²) in [6.07, 6.45) is 2.21. The van der Waals surface area contributed by atoms with Gasteiger partial charge in [-0.05, 0) is 38.1 Å². The molecule has 1 aromatic carbocycles. The van der Waals surface area contributed by atoms with E-state index in [2.05, 4.69) is 4.90 Å². The number of carbonyl (C=O) groups excluding carboxylic acids is 1. The summed E-state index contributed by atoms with van der Waals surface area (Å²) >= 11 is 0. The van der Waals surface area contributed by atoms with Crippen molar-refractivity contribution in [3.63, 3.8) is 0 Å². The maximum atomic E-state index is 12.6. The Kier molecular flexibility index (Phi) is 6.02. The standard InChI is InChI=1S/C16H25N3O2/c1-21-15-7-3-2-6-14(15)16(20)19-12-10-18(11-13-19)9-5-4-8-17/h2-3,6-7H,4-5,8-13,17H2,1H3. The van der Waals surface area contributed by atoms with E-state index in [1.165, 1.54) is 0 Å². The first kappa shape index (κ1) is 15.8. The van der Waals surface area contributed by atoms with E-state index < -0.39 is 0 Å².